The predicted molar refractivity (Wildman–Crippen MR) is 87.8 cm³/mol. The van der Waals surface area contributed by atoms with Gasteiger partial charge in [0.25, 0.3) is 0 Å². The highest BCUT2D eigenvalue weighted by atomic mass is 32.1. The zero-order chi connectivity index (χ0) is 14.8. The first-order valence-electron chi connectivity index (χ1n) is 6.53. The lowest BCUT2D eigenvalue weighted by Crippen LogP contribution is -2.08. The predicted octanol–water partition coefficient (Wildman–Crippen LogP) is 2.55. The number of nitrogen functional groups attached to an aromatic ring is 1. The van der Waals surface area contributed by atoms with Crippen molar-refractivity contribution in [1.29, 1.82) is 0 Å². The van der Waals surface area contributed by atoms with Gasteiger partial charge in [0.15, 0.2) is 0 Å². The number of aryl methyl sites for hydroxylation is 2. The lowest BCUT2D eigenvalue weighted by molar-refractivity contribution is 0.790. The third kappa shape index (κ3) is 2.91. The van der Waals surface area contributed by atoms with Crippen LogP contribution in [0.5, 0.6) is 0 Å². The van der Waals surface area contributed by atoms with Gasteiger partial charge in [-0.2, -0.15) is 4.37 Å². The number of hydrogen-bond acceptors (Lipinski definition) is 7. The van der Waals surface area contributed by atoms with E-state index in [1.54, 1.807) is 11.3 Å². The molecule has 110 valence electrons. The van der Waals surface area contributed by atoms with Crippen LogP contribution in [0.1, 0.15) is 11.5 Å². The van der Waals surface area contributed by atoms with Gasteiger partial charge >= 0.3 is 0 Å². The van der Waals surface area contributed by atoms with Crippen LogP contribution in [0.2, 0.25) is 0 Å². The van der Waals surface area contributed by atoms with Gasteiger partial charge in [-0.05, 0) is 18.5 Å². The summed E-state index contributed by atoms with van der Waals surface area (Å²) in [4.78, 5) is 8.81. The molecule has 0 unspecified atom stereocenters. The van der Waals surface area contributed by atoms with Gasteiger partial charge in [0.1, 0.15) is 21.7 Å². The first kappa shape index (κ1) is 14.0. The molecule has 0 amide bonds. The third-order valence-electron chi connectivity index (χ3n) is 3.11. The summed E-state index contributed by atoms with van der Waals surface area (Å²) in [6.07, 6.45) is 4.60. The number of hydrogen-bond donors (Lipinski definition) is 2. The Morgan fingerprint density at radius 1 is 1.43 bits per heavy atom. The van der Waals surface area contributed by atoms with Crippen LogP contribution in [0.3, 0.4) is 0 Å². The van der Waals surface area contributed by atoms with Gasteiger partial charge in [-0.1, -0.05) is 0 Å². The molecule has 3 N–H and O–H groups in total. The topological polar surface area (TPSA) is 81.6 Å². The number of nitrogens with two attached hydrogens (primary N) is 1. The number of imidazole rings is 1. The van der Waals surface area contributed by atoms with Gasteiger partial charge in [-0.3, -0.25) is 0 Å². The molecule has 3 rings (SSSR count). The van der Waals surface area contributed by atoms with Crippen LogP contribution in [0, 0.1) is 6.92 Å². The van der Waals surface area contributed by atoms with E-state index in [2.05, 4.69) is 19.7 Å². The van der Waals surface area contributed by atoms with E-state index in [4.69, 9.17) is 5.73 Å². The standard InChI is InChI=1S/C13H16N6S2/c1-8-7-20-13(17-8)10-11(14)18-21-12(10)16-4-3-9-15-5-6-19(9)2/h5-7,16H,3-4H2,1-2H3,(H2,14,18). The molecular formula is C13H16N6S2. The summed E-state index contributed by atoms with van der Waals surface area (Å²) < 4.78 is 6.26. The summed E-state index contributed by atoms with van der Waals surface area (Å²) in [6.45, 7) is 2.76. The third-order valence-corrected chi connectivity index (χ3v) is 4.90. The van der Waals surface area contributed by atoms with Gasteiger partial charge in [0.05, 0.1) is 5.56 Å². The van der Waals surface area contributed by atoms with Crippen molar-refractivity contribution in [1.82, 2.24) is 18.9 Å². The molecule has 3 aromatic rings. The zero-order valence-electron chi connectivity index (χ0n) is 11.8. The highest BCUT2D eigenvalue weighted by Crippen LogP contribution is 2.38. The van der Waals surface area contributed by atoms with Crippen molar-refractivity contribution in [3.8, 4) is 10.6 Å². The quantitative estimate of drug-likeness (QED) is 0.755. The van der Waals surface area contributed by atoms with Crippen molar-refractivity contribution in [3.63, 3.8) is 0 Å². The molecule has 0 aliphatic carbocycles. The van der Waals surface area contributed by atoms with Gasteiger partial charge in [-0.25, -0.2) is 9.97 Å². The van der Waals surface area contributed by atoms with E-state index in [-0.39, 0.29) is 0 Å². The van der Waals surface area contributed by atoms with Crippen molar-refractivity contribution in [3.05, 3.63) is 29.3 Å². The van der Waals surface area contributed by atoms with Crippen LogP contribution in [0.15, 0.2) is 17.8 Å². The Labute approximate surface area is 130 Å². The van der Waals surface area contributed by atoms with Crippen LogP contribution in [-0.4, -0.2) is 25.5 Å². The van der Waals surface area contributed by atoms with E-state index in [0.29, 0.717) is 5.82 Å². The number of anilines is 2. The Kier molecular flexibility index (Phi) is 3.89. The molecule has 0 spiro atoms. The lowest BCUT2D eigenvalue weighted by atomic mass is 10.3. The Bertz CT molecular complexity index is 742. The van der Waals surface area contributed by atoms with Gasteiger partial charge in [-0.15, -0.1) is 11.3 Å². The molecular weight excluding hydrogens is 304 g/mol. The van der Waals surface area contributed by atoms with E-state index in [9.17, 15) is 0 Å². The second-order valence-corrected chi connectivity index (χ2v) is 6.33. The highest BCUT2D eigenvalue weighted by Gasteiger charge is 2.16. The molecule has 0 fully saturated rings. The molecule has 0 saturated heterocycles. The van der Waals surface area contributed by atoms with Crippen molar-refractivity contribution in [2.45, 2.75) is 13.3 Å². The minimum atomic E-state index is 0.536. The largest absolute Gasteiger partial charge is 0.382 e. The molecule has 6 nitrogen and oxygen atoms in total. The molecule has 0 aliphatic rings. The molecule has 8 heteroatoms. The molecule has 0 atom stereocenters. The minimum absolute atomic E-state index is 0.536. The van der Waals surface area contributed by atoms with Gasteiger partial charge in [0.2, 0.25) is 0 Å². The smallest absolute Gasteiger partial charge is 0.149 e. The van der Waals surface area contributed by atoms with Crippen molar-refractivity contribution in [2.24, 2.45) is 7.05 Å². The maximum Gasteiger partial charge on any atom is 0.149 e. The monoisotopic (exact) mass is 320 g/mol. The molecule has 0 aliphatic heterocycles. The minimum Gasteiger partial charge on any atom is -0.382 e. The lowest BCUT2D eigenvalue weighted by Gasteiger charge is -2.05. The SMILES string of the molecule is Cc1csc(-c2c(N)nsc2NCCc2nccn2C)n1. The number of rotatable bonds is 5. The fourth-order valence-electron chi connectivity index (χ4n) is 2.02. The molecule has 3 heterocycles. The number of nitrogens with zero attached hydrogens (tertiary/aromatic N) is 4. The first-order valence-corrected chi connectivity index (χ1v) is 8.18. The van der Waals surface area contributed by atoms with Gasteiger partial charge < -0.3 is 15.6 Å². The van der Waals surface area contributed by atoms with E-state index >= 15 is 0 Å². The number of nitrogens with one attached hydrogen (secondary N) is 1. The van der Waals surface area contributed by atoms with E-state index in [1.165, 1.54) is 11.5 Å². The van der Waals surface area contributed by atoms with Crippen LogP contribution < -0.4 is 11.1 Å². The van der Waals surface area contributed by atoms with Crippen molar-refractivity contribution < 1.29 is 0 Å². The summed E-state index contributed by atoms with van der Waals surface area (Å²) in [6, 6.07) is 0. The van der Waals surface area contributed by atoms with Crippen molar-refractivity contribution >= 4 is 33.7 Å². The summed E-state index contributed by atoms with van der Waals surface area (Å²) in [5.74, 6) is 1.58. The van der Waals surface area contributed by atoms with Crippen LogP contribution in [0.4, 0.5) is 10.8 Å². The molecule has 0 aromatic carbocycles. The average Bonchev–Trinajstić information content (AvgIpc) is 3.13. The highest BCUT2D eigenvalue weighted by molar-refractivity contribution is 7.15. The maximum absolute atomic E-state index is 5.98. The maximum atomic E-state index is 5.98. The fourth-order valence-corrected chi connectivity index (χ4v) is 3.68. The molecule has 0 radical (unpaired) electrons. The van der Waals surface area contributed by atoms with Gasteiger partial charge in [0, 0.05) is 43.5 Å². The molecule has 0 saturated carbocycles. The molecule has 0 bridgehead atoms. The Morgan fingerprint density at radius 2 is 2.29 bits per heavy atom. The van der Waals surface area contributed by atoms with Crippen LogP contribution in [-0.2, 0) is 13.5 Å². The Morgan fingerprint density at radius 3 is 2.95 bits per heavy atom. The number of aromatic nitrogens is 4. The second kappa shape index (κ2) is 5.82. The first-order chi connectivity index (χ1) is 10.1. The van der Waals surface area contributed by atoms with Crippen LogP contribution >= 0.6 is 22.9 Å². The Hall–Kier alpha value is -1.93. The number of thiazole rings is 1. The zero-order valence-corrected chi connectivity index (χ0v) is 13.5. The average molecular weight is 320 g/mol. The summed E-state index contributed by atoms with van der Waals surface area (Å²) >= 11 is 2.96. The molecule has 3 aromatic heterocycles. The fraction of sp³-hybridized carbons (Fsp3) is 0.308. The van der Waals surface area contributed by atoms with E-state index < -0.39 is 0 Å². The summed E-state index contributed by atoms with van der Waals surface area (Å²) in [5, 5.41) is 7.30. The van der Waals surface area contributed by atoms with E-state index in [0.717, 1.165) is 40.1 Å². The normalized spacial score (nSPS) is 11.0. The van der Waals surface area contributed by atoms with Crippen LogP contribution in [0.25, 0.3) is 10.6 Å². The van der Waals surface area contributed by atoms with E-state index in [1.807, 2.05) is 36.3 Å². The summed E-state index contributed by atoms with van der Waals surface area (Å²) in [7, 11) is 2.00. The van der Waals surface area contributed by atoms with Crippen molar-refractivity contribution in [2.75, 3.05) is 17.6 Å². The summed E-state index contributed by atoms with van der Waals surface area (Å²) in [5.41, 5.74) is 7.90. The Balaban J connectivity index is 1.73. The molecule has 21 heavy (non-hydrogen) atoms. The second-order valence-electron chi connectivity index (χ2n) is 4.70.